The molecule has 0 saturated carbocycles. The smallest absolute Gasteiger partial charge is 0.274 e. The van der Waals surface area contributed by atoms with E-state index < -0.39 is 0 Å². The van der Waals surface area contributed by atoms with E-state index in [1.54, 1.807) is 23.0 Å². The Labute approximate surface area is 134 Å². The number of aromatic amines is 1. The van der Waals surface area contributed by atoms with Crippen molar-refractivity contribution >= 4 is 11.7 Å². The van der Waals surface area contributed by atoms with Crippen molar-refractivity contribution in [1.29, 1.82) is 0 Å². The van der Waals surface area contributed by atoms with Crippen LogP contribution in [0.1, 0.15) is 35.9 Å². The molecular formula is C17H19N5O. The molecule has 2 N–H and O–H groups in total. The van der Waals surface area contributed by atoms with E-state index in [4.69, 9.17) is 0 Å². The van der Waals surface area contributed by atoms with Gasteiger partial charge in [0, 0.05) is 17.7 Å². The Bertz CT molecular complexity index is 814. The van der Waals surface area contributed by atoms with Crippen LogP contribution in [-0.2, 0) is 0 Å². The maximum Gasteiger partial charge on any atom is 0.274 e. The van der Waals surface area contributed by atoms with Crippen molar-refractivity contribution in [3.63, 3.8) is 0 Å². The number of H-pyrrole nitrogens is 1. The van der Waals surface area contributed by atoms with Gasteiger partial charge in [-0.2, -0.15) is 10.2 Å². The van der Waals surface area contributed by atoms with E-state index in [9.17, 15) is 4.79 Å². The summed E-state index contributed by atoms with van der Waals surface area (Å²) in [6.07, 6.45) is 1.67. The van der Waals surface area contributed by atoms with Gasteiger partial charge in [-0.25, -0.2) is 4.68 Å². The maximum absolute atomic E-state index is 12.4. The summed E-state index contributed by atoms with van der Waals surface area (Å²) in [5.74, 6) is 0.426. The van der Waals surface area contributed by atoms with Crippen LogP contribution in [-0.4, -0.2) is 25.9 Å². The molecule has 0 unspecified atom stereocenters. The number of benzene rings is 1. The maximum atomic E-state index is 12.4. The van der Waals surface area contributed by atoms with Crippen molar-refractivity contribution in [2.24, 2.45) is 0 Å². The van der Waals surface area contributed by atoms with E-state index in [-0.39, 0.29) is 11.9 Å². The number of carbonyl (C=O) groups excluding carboxylic acids is 1. The molecule has 2 aromatic heterocycles. The molecule has 1 aromatic carbocycles. The molecule has 0 bridgehead atoms. The average molecular weight is 309 g/mol. The molecule has 3 rings (SSSR count). The second kappa shape index (κ2) is 6.08. The summed E-state index contributed by atoms with van der Waals surface area (Å²) in [7, 11) is 0. The van der Waals surface area contributed by atoms with Crippen LogP contribution in [0.2, 0.25) is 0 Å². The number of hydrogen-bond donors (Lipinski definition) is 2. The van der Waals surface area contributed by atoms with Crippen molar-refractivity contribution in [3.8, 4) is 11.3 Å². The second-order valence-corrected chi connectivity index (χ2v) is 5.74. The predicted octanol–water partition coefficient (Wildman–Crippen LogP) is 3.41. The van der Waals surface area contributed by atoms with Crippen LogP contribution in [0.5, 0.6) is 0 Å². The number of amides is 1. The molecule has 118 valence electrons. The third-order valence-electron chi connectivity index (χ3n) is 3.57. The van der Waals surface area contributed by atoms with Crippen molar-refractivity contribution in [2.45, 2.75) is 26.8 Å². The van der Waals surface area contributed by atoms with E-state index in [1.165, 1.54) is 5.56 Å². The molecule has 6 heteroatoms. The standard InChI is InChI=1S/C17H19N5O/c1-11(2)22-16(8-9-18-22)19-17(23)15-10-14(20-21-15)13-6-4-12(3)5-7-13/h4-11H,1-3H3,(H,19,23)(H,20,21). The molecule has 0 aliphatic rings. The lowest BCUT2D eigenvalue weighted by atomic mass is 10.1. The highest BCUT2D eigenvalue weighted by atomic mass is 16.2. The summed E-state index contributed by atoms with van der Waals surface area (Å²) in [4.78, 5) is 12.4. The minimum atomic E-state index is -0.238. The molecule has 0 aliphatic carbocycles. The number of nitrogens with one attached hydrogen (secondary N) is 2. The van der Waals surface area contributed by atoms with Crippen LogP contribution in [0, 0.1) is 6.92 Å². The quantitative estimate of drug-likeness (QED) is 0.775. The Hall–Kier alpha value is -2.89. The van der Waals surface area contributed by atoms with Crippen LogP contribution in [0.4, 0.5) is 5.82 Å². The van der Waals surface area contributed by atoms with Gasteiger partial charge < -0.3 is 5.32 Å². The zero-order valence-corrected chi connectivity index (χ0v) is 13.4. The lowest BCUT2D eigenvalue weighted by molar-refractivity contribution is 0.102. The van der Waals surface area contributed by atoms with E-state index in [0.717, 1.165) is 11.3 Å². The number of rotatable bonds is 4. The largest absolute Gasteiger partial charge is 0.305 e. The minimum absolute atomic E-state index is 0.171. The highest BCUT2D eigenvalue weighted by molar-refractivity contribution is 6.03. The third kappa shape index (κ3) is 3.15. The Morgan fingerprint density at radius 3 is 2.65 bits per heavy atom. The van der Waals surface area contributed by atoms with Crippen LogP contribution in [0.15, 0.2) is 42.6 Å². The van der Waals surface area contributed by atoms with Crippen LogP contribution >= 0.6 is 0 Å². The molecule has 1 amide bonds. The Kier molecular flexibility index (Phi) is 3.97. The normalized spacial score (nSPS) is 11.0. The van der Waals surface area contributed by atoms with Gasteiger partial charge in [0.05, 0.1) is 11.9 Å². The topological polar surface area (TPSA) is 75.6 Å². The first-order valence-corrected chi connectivity index (χ1v) is 7.52. The molecule has 0 fully saturated rings. The van der Waals surface area contributed by atoms with Gasteiger partial charge in [-0.1, -0.05) is 29.8 Å². The summed E-state index contributed by atoms with van der Waals surface area (Å²) in [5.41, 5.74) is 3.31. The summed E-state index contributed by atoms with van der Waals surface area (Å²) < 4.78 is 1.76. The zero-order valence-electron chi connectivity index (χ0n) is 13.4. The van der Waals surface area contributed by atoms with Gasteiger partial charge in [0.15, 0.2) is 0 Å². The molecule has 0 radical (unpaired) electrons. The molecule has 0 saturated heterocycles. The number of nitrogens with zero attached hydrogens (tertiary/aromatic N) is 3. The first kappa shape index (κ1) is 15.0. The first-order chi connectivity index (χ1) is 11.0. The number of aryl methyl sites for hydroxylation is 1. The molecule has 2 heterocycles. The van der Waals surface area contributed by atoms with Crippen LogP contribution < -0.4 is 5.32 Å². The molecule has 6 nitrogen and oxygen atoms in total. The summed E-state index contributed by atoms with van der Waals surface area (Å²) in [6, 6.07) is 11.7. The van der Waals surface area contributed by atoms with Crippen molar-refractivity contribution in [3.05, 3.63) is 53.9 Å². The monoisotopic (exact) mass is 309 g/mol. The molecule has 3 aromatic rings. The van der Waals surface area contributed by atoms with Crippen molar-refractivity contribution in [2.75, 3.05) is 5.32 Å². The molecule has 23 heavy (non-hydrogen) atoms. The number of carbonyl (C=O) groups is 1. The number of anilines is 1. The van der Waals surface area contributed by atoms with Gasteiger partial charge in [-0.15, -0.1) is 0 Å². The lowest BCUT2D eigenvalue weighted by Gasteiger charge is -2.10. The summed E-state index contributed by atoms with van der Waals surface area (Å²) in [5, 5.41) is 14.1. The summed E-state index contributed by atoms with van der Waals surface area (Å²) in [6.45, 7) is 6.05. The Morgan fingerprint density at radius 1 is 1.22 bits per heavy atom. The highest BCUT2D eigenvalue weighted by Gasteiger charge is 2.14. The first-order valence-electron chi connectivity index (χ1n) is 7.52. The second-order valence-electron chi connectivity index (χ2n) is 5.74. The van der Waals surface area contributed by atoms with Gasteiger partial charge in [-0.3, -0.25) is 9.89 Å². The fraction of sp³-hybridized carbons (Fsp3) is 0.235. The van der Waals surface area contributed by atoms with Crippen molar-refractivity contribution in [1.82, 2.24) is 20.0 Å². The van der Waals surface area contributed by atoms with E-state index >= 15 is 0 Å². The highest BCUT2D eigenvalue weighted by Crippen LogP contribution is 2.19. The average Bonchev–Trinajstić information content (AvgIpc) is 3.16. The number of hydrogen-bond acceptors (Lipinski definition) is 3. The number of aromatic nitrogens is 4. The molecule has 0 atom stereocenters. The van der Waals surface area contributed by atoms with E-state index in [2.05, 4.69) is 20.6 Å². The van der Waals surface area contributed by atoms with Crippen molar-refractivity contribution < 1.29 is 4.79 Å². The fourth-order valence-electron chi connectivity index (χ4n) is 2.32. The van der Waals surface area contributed by atoms with Gasteiger partial charge in [0.1, 0.15) is 11.5 Å². The third-order valence-corrected chi connectivity index (χ3v) is 3.57. The van der Waals surface area contributed by atoms with Gasteiger partial charge >= 0.3 is 0 Å². The van der Waals surface area contributed by atoms with Gasteiger partial charge in [0.2, 0.25) is 0 Å². The Balaban J connectivity index is 1.78. The van der Waals surface area contributed by atoms with Gasteiger partial charge in [-0.05, 0) is 26.8 Å². The van der Waals surface area contributed by atoms with E-state index in [0.29, 0.717) is 11.5 Å². The SMILES string of the molecule is Cc1ccc(-c2cc(C(=O)Nc3ccnn3C(C)C)[nH]n2)cc1. The van der Waals surface area contributed by atoms with Crippen LogP contribution in [0.25, 0.3) is 11.3 Å². The summed E-state index contributed by atoms with van der Waals surface area (Å²) >= 11 is 0. The molecule has 0 spiro atoms. The molecule has 0 aliphatic heterocycles. The lowest BCUT2D eigenvalue weighted by Crippen LogP contribution is -2.17. The van der Waals surface area contributed by atoms with Gasteiger partial charge in [0.25, 0.3) is 5.91 Å². The zero-order chi connectivity index (χ0) is 16.4. The molecular weight excluding hydrogens is 290 g/mol. The fourth-order valence-corrected chi connectivity index (χ4v) is 2.32. The van der Waals surface area contributed by atoms with E-state index in [1.807, 2.05) is 45.0 Å². The van der Waals surface area contributed by atoms with Crippen LogP contribution in [0.3, 0.4) is 0 Å². The predicted molar refractivity (Wildman–Crippen MR) is 89.3 cm³/mol. The Morgan fingerprint density at radius 2 is 1.96 bits per heavy atom. The minimum Gasteiger partial charge on any atom is -0.305 e.